The minimum absolute atomic E-state index is 0.160. The Balaban J connectivity index is 1.54. The van der Waals surface area contributed by atoms with Gasteiger partial charge in [-0.1, -0.05) is 6.42 Å². The maximum atomic E-state index is 6.02. The molecule has 5 heteroatoms. The number of hydrogen-bond acceptors (Lipinski definition) is 3. The molecule has 0 bridgehead atoms. The van der Waals surface area contributed by atoms with Gasteiger partial charge in [0.25, 0.3) is 0 Å². The first kappa shape index (κ1) is 14.1. The summed E-state index contributed by atoms with van der Waals surface area (Å²) in [5.41, 5.74) is 5.86. The first-order chi connectivity index (χ1) is 9.74. The standard InChI is InChI=1S/C15H27N3O2/c1-2-19-13-9-12(15(13)7-4-8-20-15)18-14(16)17-10-11-5-3-6-11/h11-13H,2-10H2,1H3,(H3,16,17,18). The van der Waals surface area contributed by atoms with E-state index >= 15 is 0 Å². The molecule has 3 N–H and O–H groups in total. The van der Waals surface area contributed by atoms with Gasteiger partial charge in [0, 0.05) is 19.8 Å². The maximum absolute atomic E-state index is 6.02. The summed E-state index contributed by atoms with van der Waals surface area (Å²) in [5, 5.41) is 3.36. The molecule has 1 saturated heterocycles. The van der Waals surface area contributed by atoms with E-state index in [2.05, 4.69) is 10.3 Å². The van der Waals surface area contributed by atoms with Gasteiger partial charge in [0.2, 0.25) is 0 Å². The van der Waals surface area contributed by atoms with Crippen LogP contribution in [0.1, 0.15) is 45.4 Å². The predicted octanol–water partition coefficient (Wildman–Crippen LogP) is 1.42. The van der Waals surface area contributed by atoms with Gasteiger partial charge in [-0.3, -0.25) is 4.99 Å². The van der Waals surface area contributed by atoms with Crippen LogP contribution in [-0.2, 0) is 9.47 Å². The summed E-state index contributed by atoms with van der Waals surface area (Å²) < 4.78 is 11.8. The second-order valence-electron chi connectivity index (χ2n) is 6.31. The van der Waals surface area contributed by atoms with Gasteiger partial charge in [-0.2, -0.15) is 0 Å². The fourth-order valence-electron chi connectivity index (χ4n) is 3.61. The van der Waals surface area contributed by atoms with Crippen molar-refractivity contribution in [2.45, 2.75) is 63.2 Å². The molecule has 3 rings (SSSR count). The summed E-state index contributed by atoms with van der Waals surface area (Å²) in [6.45, 7) is 4.49. The summed E-state index contributed by atoms with van der Waals surface area (Å²) in [6, 6.07) is 0.256. The van der Waals surface area contributed by atoms with E-state index in [0.717, 1.165) is 44.9 Å². The largest absolute Gasteiger partial charge is 0.375 e. The number of guanidine groups is 1. The molecule has 3 aliphatic rings. The average molecular weight is 281 g/mol. The Bertz CT molecular complexity index is 362. The van der Waals surface area contributed by atoms with Crippen LogP contribution >= 0.6 is 0 Å². The van der Waals surface area contributed by atoms with E-state index in [1.807, 2.05) is 6.92 Å². The number of ether oxygens (including phenoxy) is 2. The highest BCUT2D eigenvalue weighted by Gasteiger charge is 2.58. The summed E-state index contributed by atoms with van der Waals surface area (Å²) in [6.07, 6.45) is 7.31. The second kappa shape index (κ2) is 5.90. The molecule has 5 nitrogen and oxygen atoms in total. The maximum Gasteiger partial charge on any atom is 0.188 e. The minimum atomic E-state index is -0.160. The van der Waals surface area contributed by atoms with Gasteiger partial charge in [-0.25, -0.2) is 0 Å². The van der Waals surface area contributed by atoms with Gasteiger partial charge in [0.05, 0.1) is 12.1 Å². The second-order valence-corrected chi connectivity index (χ2v) is 6.31. The molecule has 0 amide bonds. The molecule has 0 aromatic carbocycles. The minimum Gasteiger partial charge on any atom is -0.375 e. The van der Waals surface area contributed by atoms with Gasteiger partial charge in [0.15, 0.2) is 5.96 Å². The molecule has 0 radical (unpaired) electrons. The van der Waals surface area contributed by atoms with E-state index < -0.39 is 0 Å². The Labute approximate surface area is 121 Å². The van der Waals surface area contributed by atoms with Gasteiger partial charge in [0.1, 0.15) is 5.60 Å². The van der Waals surface area contributed by atoms with Crippen molar-refractivity contribution >= 4 is 5.96 Å². The SMILES string of the molecule is CCOC1CC(NC(N)=NCC2CCC2)C12CCCO2. The molecular weight excluding hydrogens is 254 g/mol. The summed E-state index contributed by atoms with van der Waals surface area (Å²) in [7, 11) is 0. The topological polar surface area (TPSA) is 68.9 Å². The van der Waals surface area contributed by atoms with Gasteiger partial charge in [-0.15, -0.1) is 0 Å². The van der Waals surface area contributed by atoms with Gasteiger partial charge >= 0.3 is 0 Å². The molecule has 2 saturated carbocycles. The molecule has 3 atom stereocenters. The van der Waals surface area contributed by atoms with E-state index in [1.54, 1.807) is 0 Å². The van der Waals surface area contributed by atoms with Crippen LogP contribution in [0.15, 0.2) is 4.99 Å². The lowest BCUT2D eigenvalue weighted by molar-refractivity contribution is -0.194. The average Bonchev–Trinajstić information content (AvgIpc) is 2.88. The molecule has 1 aliphatic heterocycles. The zero-order valence-electron chi connectivity index (χ0n) is 12.4. The Morgan fingerprint density at radius 3 is 2.90 bits per heavy atom. The van der Waals surface area contributed by atoms with Crippen molar-refractivity contribution in [1.82, 2.24) is 5.32 Å². The van der Waals surface area contributed by atoms with Crippen molar-refractivity contribution < 1.29 is 9.47 Å². The summed E-state index contributed by atoms with van der Waals surface area (Å²) >= 11 is 0. The first-order valence-corrected chi connectivity index (χ1v) is 8.06. The number of nitrogens with zero attached hydrogens (tertiary/aromatic N) is 1. The third-order valence-corrected chi connectivity index (χ3v) is 5.10. The van der Waals surface area contributed by atoms with E-state index in [-0.39, 0.29) is 17.7 Å². The lowest BCUT2D eigenvalue weighted by atomic mass is 9.70. The molecule has 114 valence electrons. The summed E-state index contributed by atoms with van der Waals surface area (Å²) in [4.78, 5) is 4.48. The highest BCUT2D eigenvalue weighted by molar-refractivity contribution is 5.78. The lowest BCUT2D eigenvalue weighted by Gasteiger charge is -2.52. The van der Waals surface area contributed by atoms with Crippen LogP contribution < -0.4 is 11.1 Å². The highest BCUT2D eigenvalue weighted by atomic mass is 16.6. The predicted molar refractivity (Wildman–Crippen MR) is 78.7 cm³/mol. The van der Waals surface area contributed by atoms with E-state index in [0.29, 0.717) is 5.96 Å². The van der Waals surface area contributed by atoms with E-state index in [1.165, 1.54) is 19.3 Å². The third kappa shape index (κ3) is 2.53. The van der Waals surface area contributed by atoms with Gasteiger partial charge < -0.3 is 20.5 Å². The normalized spacial score (nSPS) is 37.8. The highest BCUT2D eigenvalue weighted by Crippen LogP contribution is 2.45. The fraction of sp³-hybridized carbons (Fsp3) is 0.933. The molecule has 2 aliphatic carbocycles. The van der Waals surface area contributed by atoms with E-state index in [4.69, 9.17) is 15.2 Å². The fourth-order valence-corrected chi connectivity index (χ4v) is 3.61. The number of nitrogens with two attached hydrogens (primary N) is 1. The Hall–Kier alpha value is -0.810. The number of rotatable bonds is 5. The van der Waals surface area contributed by atoms with Crippen molar-refractivity contribution in [2.24, 2.45) is 16.6 Å². The lowest BCUT2D eigenvalue weighted by Crippen LogP contribution is -2.70. The molecule has 1 spiro atoms. The number of aliphatic imine (C=N–C) groups is 1. The van der Waals surface area contributed by atoms with Crippen LogP contribution in [0.2, 0.25) is 0 Å². The van der Waals surface area contributed by atoms with Crippen molar-refractivity contribution in [3.63, 3.8) is 0 Å². The Kier molecular flexibility index (Phi) is 4.17. The van der Waals surface area contributed by atoms with Crippen molar-refractivity contribution in [2.75, 3.05) is 19.8 Å². The zero-order valence-corrected chi connectivity index (χ0v) is 12.4. The molecule has 1 heterocycles. The monoisotopic (exact) mass is 281 g/mol. The van der Waals surface area contributed by atoms with Crippen LogP contribution in [0.5, 0.6) is 0 Å². The Morgan fingerprint density at radius 1 is 1.45 bits per heavy atom. The van der Waals surface area contributed by atoms with Crippen LogP contribution in [-0.4, -0.2) is 43.5 Å². The Morgan fingerprint density at radius 2 is 2.30 bits per heavy atom. The van der Waals surface area contributed by atoms with Crippen LogP contribution in [0.25, 0.3) is 0 Å². The molecule has 0 aromatic rings. The quantitative estimate of drug-likeness (QED) is 0.590. The van der Waals surface area contributed by atoms with Crippen molar-refractivity contribution in [1.29, 1.82) is 0 Å². The molecule has 3 unspecified atom stereocenters. The van der Waals surface area contributed by atoms with Crippen LogP contribution in [0, 0.1) is 5.92 Å². The molecule has 0 aromatic heterocycles. The molecule has 3 fully saturated rings. The number of hydrogen-bond donors (Lipinski definition) is 2. The zero-order chi connectivity index (χ0) is 14.0. The third-order valence-electron chi connectivity index (χ3n) is 5.10. The van der Waals surface area contributed by atoms with E-state index in [9.17, 15) is 0 Å². The van der Waals surface area contributed by atoms with Crippen LogP contribution in [0.4, 0.5) is 0 Å². The number of nitrogens with one attached hydrogen (secondary N) is 1. The summed E-state index contributed by atoms with van der Waals surface area (Å²) in [5.74, 6) is 1.33. The van der Waals surface area contributed by atoms with Crippen molar-refractivity contribution in [3.05, 3.63) is 0 Å². The molecular formula is C15H27N3O2. The van der Waals surface area contributed by atoms with Gasteiger partial charge in [-0.05, 0) is 44.9 Å². The van der Waals surface area contributed by atoms with Crippen LogP contribution in [0.3, 0.4) is 0 Å². The first-order valence-electron chi connectivity index (χ1n) is 8.06. The molecule has 20 heavy (non-hydrogen) atoms. The smallest absolute Gasteiger partial charge is 0.188 e. The van der Waals surface area contributed by atoms with Crippen molar-refractivity contribution in [3.8, 4) is 0 Å².